The van der Waals surface area contributed by atoms with Crippen LogP contribution in [0.2, 0.25) is 0 Å². The minimum absolute atomic E-state index is 1.11. The molecule has 0 heteroatoms. The van der Waals surface area contributed by atoms with E-state index in [1.54, 1.807) is 0 Å². The van der Waals surface area contributed by atoms with Crippen LogP contribution in [0, 0.1) is 0 Å². The summed E-state index contributed by atoms with van der Waals surface area (Å²) in [7, 11) is 0. The van der Waals surface area contributed by atoms with Crippen LogP contribution >= 0.6 is 0 Å². The van der Waals surface area contributed by atoms with E-state index in [1.165, 1.54) is 33.4 Å². The molecule has 0 bridgehead atoms. The van der Waals surface area contributed by atoms with Crippen molar-refractivity contribution >= 4 is 0 Å². The number of hydrogen-bond acceptors (Lipinski definition) is 0. The van der Waals surface area contributed by atoms with Crippen LogP contribution in [0.3, 0.4) is 0 Å². The van der Waals surface area contributed by atoms with Gasteiger partial charge in [-0.25, -0.2) is 0 Å². The zero-order chi connectivity index (χ0) is 10.5. The highest BCUT2D eigenvalue weighted by molar-refractivity contribution is 5.78. The van der Waals surface area contributed by atoms with Crippen molar-refractivity contribution in [2.75, 3.05) is 0 Å². The second-order valence-electron chi connectivity index (χ2n) is 4.59. The Balaban J connectivity index is 1.85. The van der Waals surface area contributed by atoms with E-state index >= 15 is 0 Å². The molecule has 0 aliphatic heterocycles. The lowest BCUT2D eigenvalue weighted by molar-refractivity contribution is 1.08. The summed E-state index contributed by atoms with van der Waals surface area (Å²) in [6.07, 6.45) is 20.2. The fraction of sp³-hybridized carbons (Fsp3) is 0.125. The first kappa shape index (κ1) is 8.35. The molecule has 0 aromatic heterocycles. The van der Waals surface area contributed by atoms with Crippen molar-refractivity contribution in [3.05, 3.63) is 82.0 Å². The molecule has 16 heavy (non-hydrogen) atoms. The molecule has 0 nitrogen and oxygen atoms in total. The summed E-state index contributed by atoms with van der Waals surface area (Å²) in [5.41, 5.74) is 8.82. The average Bonchev–Trinajstić information content (AvgIpc) is 2.26. The first-order valence-corrected chi connectivity index (χ1v) is 5.84. The summed E-state index contributed by atoms with van der Waals surface area (Å²) < 4.78 is 0. The van der Waals surface area contributed by atoms with E-state index in [1.807, 2.05) is 0 Å². The van der Waals surface area contributed by atoms with Gasteiger partial charge in [0, 0.05) is 0 Å². The van der Waals surface area contributed by atoms with Gasteiger partial charge in [-0.3, -0.25) is 0 Å². The maximum absolute atomic E-state index is 2.34. The molecule has 0 unspecified atom stereocenters. The van der Waals surface area contributed by atoms with Crippen LogP contribution in [0.15, 0.2) is 82.0 Å². The molecule has 0 heterocycles. The van der Waals surface area contributed by atoms with Crippen molar-refractivity contribution in [3.63, 3.8) is 0 Å². The van der Waals surface area contributed by atoms with Crippen molar-refractivity contribution in [2.45, 2.75) is 12.8 Å². The Bertz CT molecular complexity index is 542. The standard InChI is InChI=1S/C16H12/c1-3-7-13-11(5-1)9-15(13)16-10-12-6-2-4-8-14(12)16/h1-4,7-10H,5-6H2. The minimum atomic E-state index is 1.11. The van der Waals surface area contributed by atoms with E-state index in [0.29, 0.717) is 0 Å². The third kappa shape index (κ3) is 0.943. The van der Waals surface area contributed by atoms with E-state index in [4.69, 9.17) is 0 Å². The van der Waals surface area contributed by atoms with Gasteiger partial charge in [0.15, 0.2) is 0 Å². The summed E-state index contributed by atoms with van der Waals surface area (Å²) in [6.45, 7) is 0. The van der Waals surface area contributed by atoms with Crippen LogP contribution < -0.4 is 0 Å². The highest BCUT2D eigenvalue weighted by Crippen LogP contribution is 2.46. The molecule has 0 atom stereocenters. The Morgan fingerprint density at radius 1 is 0.688 bits per heavy atom. The fourth-order valence-corrected chi connectivity index (χ4v) is 2.75. The second-order valence-corrected chi connectivity index (χ2v) is 4.59. The quantitative estimate of drug-likeness (QED) is 0.560. The van der Waals surface area contributed by atoms with Crippen LogP contribution in [-0.2, 0) is 0 Å². The highest BCUT2D eigenvalue weighted by atomic mass is 14.3. The van der Waals surface area contributed by atoms with Crippen molar-refractivity contribution < 1.29 is 0 Å². The topological polar surface area (TPSA) is 0 Å². The molecule has 0 saturated carbocycles. The minimum Gasteiger partial charge on any atom is -0.0801 e. The van der Waals surface area contributed by atoms with Crippen molar-refractivity contribution in [3.8, 4) is 0 Å². The lowest BCUT2D eigenvalue weighted by Gasteiger charge is -2.32. The Hall–Kier alpha value is -1.82. The van der Waals surface area contributed by atoms with Crippen molar-refractivity contribution in [2.24, 2.45) is 0 Å². The lowest BCUT2D eigenvalue weighted by Crippen LogP contribution is -2.14. The molecule has 4 rings (SSSR count). The second kappa shape index (κ2) is 2.85. The van der Waals surface area contributed by atoms with Crippen molar-refractivity contribution in [1.29, 1.82) is 0 Å². The summed E-state index contributed by atoms with van der Waals surface area (Å²) in [6, 6.07) is 0. The highest BCUT2D eigenvalue weighted by Gasteiger charge is 2.28. The molecule has 0 N–H and O–H groups in total. The van der Waals surface area contributed by atoms with Crippen LogP contribution in [0.25, 0.3) is 0 Å². The predicted octanol–water partition coefficient (Wildman–Crippen LogP) is 3.94. The molecule has 0 fully saturated rings. The predicted molar refractivity (Wildman–Crippen MR) is 66.9 cm³/mol. The summed E-state index contributed by atoms with van der Waals surface area (Å²) >= 11 is 0. The summed E-state index contributed by atoms with van der Waals surface area (Å²) in [4.78, 5) is 0. The largest absolute Gasteiger partial charge is 0.0801 e. The van der Waals surface area contributed by atoms with Gasteiger partial charge in [0.25, 0.3) is 0 Å². The SMILES string of the molecule is C1=CCC2=CC(=C3C=C4CC=CC=C43)C2=C1. The molecule has 76 valence electrons. The third-order valence-corrected chi connectivity index (χ3v) is 3.67. The van der Waals surface area contributed by atoms with Gasteiger partial charge in [-0.1, -0.05) is 36.5 Å². The van der Waals surface area contributed by atoms with Gasteiger partial charge in [0.1, 0.15) is 0 Å². The Morgan fingerprint density at radius 3 is 1.62 bits per heavy atom. The van der Waals surface area contributed by atoms with E-state index in [0.717, 1.165) is 12.8 Å². The van der Waals surface area contributed by atoms with Crippen LogP contribution in [0.4, 0.5) is 0 Å². The number of allylic oxidation sites excluding steroid dienone is 14. The molecule has 0 aromatic rings. The van der Waals surface area contributed by atoms with E-state index < -0.39 is 0 Å². The molecule has 4 aliphatic carbocycles. The first-order chi connectivity index (χ1) is 7.93. The van der Waals surface area contributed by atoms with Gasteiger partial charge in [-0.05, 0) is 58.4 Å². The van der Waals surface area contributed by atoms with Gasteiger partial charge in [0.2, 0.25) is 0 Å². The zero-order valence-electron chi connectivity index (χ0n) is 9.03. The molecule has 0 aromatic carbocycles. The smallest absolute Gasteiger partial charge is 0.00879 e. The third-order valence-electron chi connectivity index (χ3n) is 3.67. The van der Waals surface area contributed by atoms with Gasteiger partial charge in [-0.2, -0.15) is 0 Å². The maximum Gasteiger partial charge on any atom is -0.00879 e. The van der Waals surface area contributed by atoms with E-state index in [2.05, 4.69) is 48.6 Å². The molecular weight excluding hydrogens is 192 g/mol. The van der Waals surface area contributed by atoms with Gasteiger partial charge < -0.3 is 0 Å². The Kier molecular flexibility index (Phi) is 1.49. The average molecular weight is 204 g/mol. The normalized spacial score (nSPS) is 29.0. The van der Waals surface area contributed by atoms with E-state index in [-0.39, 0.29) is 0 Å². The Morgan fingerprint density at radius 2 is 1.19 bits per heavy atom. The Labute approximate surface area is 95.4 Å². The van der Waals surface area contributed by atoms with Gasteiger partial charge in [-0.15, -0.1) is 0 Å². The number of rotatable bonds is 0. The fourth-order valence-electron chi connectivity index (χ4n) is 2.75. The molecule has 0 spiro atoms. The zero-order valence-corrected chi connectivity index (χ0v) is 9.03. The molecule has 0 amide bonds. The van der Waals surface area contributed by atoms with Crippen LogP contribution in [0.1, 0.15) is 12.8 Å². The molecule has 0 saturated heterocycles. The summed E-state index contributed by atoms with van der Waals surface area (Å²) in [5.74, 6) is 0. The monoisotopic (exact) mass is 204 g/mol. The van der Waals surface area contributed by atoms with Crippen LogP contribution in [0.5, 0.6) is 0 Å². The summed E-state index contributed by atoms with van der Waals surface area (Å²) in [5, 5.41) is 0. The van der Waals surface area contributed by atoms with E-state index in [9.17, 15) is 0 Å². The van der Waals surface area contributed by atoms with Crippen molar-refractivity contribution in [1.82, 2.24) is 0 Å². The number of fused-ring (bicyclic) bond motifs is 2. The number of hydrogen-bond donors (Lipinski definition) is 0. The molecular formula is C16H12. The van der Waals surface area contributed by atoms with Gasteiger partial charge in [0.05, 0.1) is 0 Å². The van der Waals surface area contributed by atoms with Gasteiger partial charge >= 0.3 is 0 Å². The molecule has 4 aliphatic rings. The first-order valence-electron chi connectivity index (χ1n) is 5.84. The van der Waals surface area contributed by atoms with Crippen LogP contribution in [-0.4, -0.2) is 0 Å². The lowest BCUT2D eigenvalue weighted by atomic mass is 9.71. The molecule has 0 radical (unpaired) electrons. The maximum atomic E-state index is 2.34.